The first-order valence-electron chi connectivity index (χ1n) is 9.92. The number of amides is 1. The number of hydrogen-bond acceptors (Lipinski definition) is 6. The van der Waals surface area contributed by atoms with Crippen LogP contribution in [0.25, 0.3) is 5.69 Å². The van der Waals surface area contributed by atoms with Crippen LogP contribution in [-0.4, -0.2) is 48.3 Å². The van der Waals surface area contributed by atoms with Crippen LogP contribution >= 0.6 is 0 Å². The molecule has 0 atom stereocenters. The number of benzene rings is 1. The number of hydrogen-bond donors (Lipinski definition) is 2. The van der Waals surface area contributed by atoms with Gasteiger partial charge in [-0.05, 0) is 62.1 Å². The lowest BCUT2D eigenvalue weighted by Crippen LogP contribution is -2.42. The standard InChI is InChI=1S/C19H23N5O4S/c25-17(22-14-3-5-19(6-4-14)7-9-28-10-8-19)13-1-2-15-16(11-13)29(26,27)23-18-20-12-21-24(15)18/h1-2,11-12,14H,3-10H2,(H,22,25)(H,20,21,23). The Morgan fingerprint density at radius 2 is 1.97 bits per heavy atom. The lowest BCUT2D eigenvalue weighted by molar-refractivity contribution is -0.00901. The lowest BCUT2D eigenvalue weighted by atomic mass is 9.68. The number of carbonyl (C=O) groups is 1. The second-order valence-corrected chi connectivity index (χ2v) is 9.79. The van der Waals surface area contributed by atoms with Crippen molar-refractivity contribution in [2.45, 2.75) is 49.5 Å². The molecule has 1 aromatic carbocycles. The number of fused-ring (bicyclic) bond motifs is 3. The summed E-state index contributed by atoms with van der Waals surface area (Å²) in [5.74, 6) is -0.112. The zero-order valence-electron chi connectivity index (χ0n) is 15.9. The van der Waals surface area contributed by atoms with Gasteiger partial charge in [-0.2, -0.15) is 14.8 Å². The second kappa shape index (κ2) is 6.81. The maximum Gasteiger partial charge on any atom is 0.266 e. The zero-order valence-corrected chi connectivity index (χ0v) is 16.7. The van der Waals surface area contributed by atoms with E-state index in [-0.39, 0.29) is 22.8 Å². The van der Waals surface area contributed by atoms with Gasteiger partial charge in [-0.1, -0.05) is 0 Å². The number of nitrogens with zero attached hydrogens (tertiary/aromatic N) is 3. The molecule has 1 saturated carbocycles. The fourth-order valence-corrected chi connectivity index (χ4v) is 5.86. The highest BCUT2D eigenvalue weighted by atomic mass is 32.2. The third kappa shape index (κ3) is 3.29. The van der Waals surface area contributed by atoms with Crippen LogP contribution < -0.4 is 10.0 Å². The highest BCUT2D eigenvalue weighted by molar-refractivity contribution is 7.93. The van der Waals surface area contributed by atoms with Crippen molar-refractivity contribution in [3.8, 4) is 5.69 Å². The van der Waals surface area contributed by atoms with E-state index < -0.39 is 10.0 Å². The van der Waals surface area contributed by atoms with Crippen LogP contribution in [0.15, 0.2) is 29.4 Å². The minimum Gasteiger partial charge on any atom is -0.381 e. The fraction of sp³-hybridized carbons (Fsp3) is 0.526. The van der Waals surface area contributed by atoms with E-state index in [4.69, 9.17) is 4.74 Å². The Bertz CT molecular complexity index is 1050. The first-order valence-corrected chi connectivity index (χ1v) is 11.4. The molecule has 1 aromatic heterocycles. The van der Waals surface area contributed by atoms with E-state index in [1.807, 2.05) is 0 Å². The molecule has 1 spiro atoms. The third-order valence-corrected chi connectivity index (χ3v) is 7.81. The van der Waals surface area contributed by atoms with E-state index in [1.54, 1.807) is 12.1 Å². The summed E-state index contributed by atoms with van der Waals surface area (Å²) < 4.78 is 34.3. The van der Waals surface area contributed by atoms with Crippen LogP contribution in [0.2, 0.25) is 0 Å². The van der Waals surface area contributed by atoms with Crippen LogP contribution in [0.3, 0.4) is 0 Å². The van der Waals surface area contributed by atoms with Gasteiger partial charge < -0.3 is 10.1 Å². The maximum absolute atomic E-state index is 12.8. The Morgan fingerprint density at radius 1 is 1.21 bits per heavy atom. The molecule has 0 bridgehead atoms. The first-order chi connectivity index (χ1) is 14.0. The molecule has 154 valence electrons. The van der Waals surface area contributed by atoms with Crippen molar-refractivity contribution in [2.75, 3.05) is 17.9 Å². The van der Waals surface area contributed by atoms with Gasteiger partial charge in [0.1, 0.15) is 11.2 Å². The molecule has 1 amide bonds. The molecule has 5 rings (SSSR count). The molecule has 2 N–H and O–H groups in total. The number of nitrogens with one attached hydrogen (secondary N) is 2. The molecule has 10 heteroatoms. The minimum atomic E-state index is -3.80. The summed E-state index contributed by atoms with van der Waals surface area (Å²) >= 11 is 0. The Hall–Kier alpha value is -2.46. The topological polar surface area (TPSA) is 115 Å². The lowest BCUT2D eigenvalue weighted by Gasteiger charge is -2.42. The van der Waals surface area contributed by atoms with Crippen LogP contribution in [0.4, 0.5) is 5.95 Å². The molecule has 2 aliphatic heterocycles. The molecular weight excluding hydrogens is 394 g/mol. The van der Waals surface area contributed by atoms with Gasteiger partial charge in [-0.3, -0.25) is 4.79 Å². The van der Waals surface area contributed by atoms with Crippen molar-refractivity contribution < 1.29 is 17.9 Å². The maximum atomic E-state index is 12.8. The Balaban J connectivity index is 1.32. The summed E-state index contributed by atoms with van der Waals surface area (Å²) in [4.78, 5) is 16.7. The summed E-state index contributed by atoms with van der Waals surface area (Å²) in [6, 6.07) is 4.74. The van der Waals surface area contributed by atoms with Gasteiger partial charge in [-0.15, -0.1) is 0 Å². The molecular formula is C19H23N5O4S. The van der Waals surface area contributed by atoms with E-state index in [0.29, 0.717) is 16.7 Å². The van der Waals surface area contributed by atoms with E-state index in [0.717, 1.165) is 51.7 Å². The molecule has 2 fully saturated rings. The molecule has 9 nitrogen and oxygen atoms in total. The Kier molecular flexibility index (Phi) is 4.36. The largest absolute Gasteiger partial charge is 0.381 e. The summed E-state index contributed by atoms with van der Waals surface area (Å²) in [6.07, 6.45) is 7.57. The SMILES string of the molecule is O=C(NC1CCC2(CCOCC2)CC1)c1ccc2c(c1)S(=O)(=O)Nc1ncnn1-2. The van der Waals surface area contributed by atoms with Crippen molar-refractivity contribution in [1.82, 2.24) is 20.1 Å². The van der Waals surface area contributed by atoms with Crippen molar-refractivity contribution in [1.29, 1.82) is 0 Å². The predicted molar refractivity (Wildman–Crippen MR) is 104 cm³/mol. The van der Waals surface area contributed by atoms with Crippen LogP contribution in [0.1, 0.15) is 48.9 Å². The van der Waals surface area contributed by atoms with Crippen molar-refractivity contribution in [3.63, 3.8) is 0 Å². The molecule has 0 radical (unpaired) electrons. The molecule has 29 heavy (non-hydrogen) atoms. The highest BCUT2D eigenvalue weighted by Gasteiger charge is 2.37. The van der Waals surface area contributed by atoms with Crippen LogP contribution in [0.5, 0.6) is 0 Å². The average Bonchev–Trinajstić information content (AvgIpc) is 3.18. The summed E-state index contributed by atoms with van der Waals surface area (Å²) in [7, 11) is -3.80. The van der Waals surface area contributed by atoms with E-state index in [2.05, 4.69) is 20.1 Å². The molecule has 3 aliphatic rings. The summed E-state index contributed by atoms with van der Waals surface area (Å²) in [5.41, 5.74) is 1.08. The number of carbonyl (C=O) groups excluding carboxylic acids is 1. The fourth-order valence-electron chi connectivity index (χ4n) is 4.66. The monoisotopic (exact) mass is 417 g/mol. The number of aromatic nitrogens is 3. The Labute approximate surface area is 168 Å². The van der Waals surface area contributed by atoms with Gasteiger partial charge in [0.2, 0.25) is 5.95 Å². The average molecular weight is 417 g/mol. The molecule has 0 unspecified atom stereocenters. The predicted octanol–water partition coefficient (Wildman–Crippen LogP) is 1.85. The van der Waals surface area contributed by atoms with E-state index in [1.165, 1.54) is 17.1 Å². The number of rotatable bonds is 2. The van der Waals surface area contributed by atoms with Gasteiger partial charge in [-0.25, -0.2) is 13.1 Å². The summed E-state index contributed by atoms with van der Waals surface area (Å²) in [6.45, 7) is 1.67. The van der Waals surface area contributed by atoms with E-state index >= 15 is 0 Å². The molecule has 1 saturated heterocycles. The van der Waals surface area contributed by atoms with Crippen molar-refractivity contribution in [3.05, 3.63) is 30.1 Å². The van der Waals surface area contributed by atoms with E-state index in [9.17, 15) is 13.2 Å². The number of anilines is 1. The van der Waals surface area contributed by atoms with Gasteiger partial charge >= 0.3 is 0 Å². The number of ether oxygens (including phenoxy) is 1. The van der Waals surface area contributed by atoms with Crippen LogP contribution in [-0.2, 0) is 14.8 Å². The zero-order chi connectivity index (χ0) is 20.1. The van der Waals surface area contributed by atoms with Gasteiger partial charge in [0, 0.05) is 24.8 Å². The minimum absolute atomic E-state index is 0.0213. The smallest absolute Gasteiger partial charge is 0.266 e. The Morgan fingerprint density at radius 3 is 2.72 bits per heavy atom. The molecule has 1 aliphatic carbocycles. The highest BCUT2D eigenvalue weighted by Crippen LogP contribution is 2.44. The van der Waals surface area contributed by atoms with Crippen molar-refractivity contribution >= 4 is 21.9 Å². The normalized spacial score (nSPS) is 22.3. The molecule has 2 aromatic rings. The first kappa shape index (κ1) is 18.6. The van der Waals surface area contributed by atoms with Gasteiger partial charge in [0.05, 0.1) is 5.69 Å². The van der Waals surface area contributed by atoms with Crippen molar-refractivity contribution in [2.24, 2.45) is 5.41 Å². The summed E-state index contributed by atoms with van der Waals surface area (Å²) in [5, 5.41) is 7.13. The number of sulfonamides is 1. The van der Waals surface area contributed by atoms with Gasteiger partial charge in [0.15, 0.2) is 0 Å². The quantitative estimate of drug-likeness (QED) is 0.771. The van der Waals surface area contributed by atoms with Gasteiger partial charge in [0.25, 0.3) is 15.9 Å². The third-order valence-electron chi connectivity index (χ3n) is 6.45. The second-order valence-electron chi connectivity index (χ2n) is 8.14. The molecule has 3 heterocycles. The van der Waals surface area contributed by atoms with Crippen LogP contribution in [0, 0.1) is 5.41 Å².